The Hall–Kier alpha value is -2.90. The van der Waals surface area contributed by atoms with Crippen LogP contribution >= 0.6 is 0 Å². The van der Waals surface area contributed by atoms with E-state index < -0.39 is 30.3 Å². The summed E-state index contributed by atoms with van der Waals surface area (Å²) in [6.45, 7) is 1.83. The number of carbonyl (C=O) groups is 3. The Balaban J connectivity index is 2.23. The summed E-state index contributed by atoms with van der Waals surface area (Å²) in [6, 6.07) is 3.82. The van der Waals surface area contributed by atoms with Crippen molar-refractivity contribution in [2.24, 2.45) is 0 Å². The van der Waals surface area contributed by atoms with Gasteiger partial charge < -0.3 is 19.9 Å². The molecule has 0 aliphatic carbocycles. The number of hydrogen-bond acceptors (Lipinski definition) is 4. The molecular weight excluding hydrogens is 278 g/mol. The highest BCUT2D eigenvalue weighted by atomic mass is 16.4. The third-order valence-electron chi connectivity index (χ3n) is 2.91. The molecule has 0 fully saturated rings. The van der Waals surface area contributed by atoms with Gasteiger partial charge in [0.05, 0.1) is 6.42 Å². The fourth-order valence-corrected chi connectivity index (χ4v) is 1.86. The van der Waals surface area contributed by atoms with Gasteiger partial charge in [0.25, 0.3) is 5.91 Å². The highest BCUT2D eigenvalue weighted by molar-refractivity contribution is 5.96. The molecular formula is C13H13N3O5. The molecule has 0 aliphatic heterocycles. The summed E-state index contributed by atoms with van der Waals surface area (Å²) < 4.78 is 1.68. The minimum atomic E-state index is -1.50. The number of aliphatic carboxylic acids is 2. The molecule has 2 aromatic rings. The lowest BCUT2D eigenvalue weighted by Crippen LogP contribution is -2.42. The minimum absolute atomic E-state index is 0.0286. The summed E-state index contributed by atoms with van der Waals surface area (Å²) in [5.74, 6) is -3.45. The van der Waals surface area contributed by atoms with E-state index in [-0.39, 0.29) is 5.69 Å². The number of nitrogens with zero attached hydrogens (tertiary/aromatic N) is 2. The van der Waals surface area contributed by atoms with Crippen molar-refractivity contribution in [2.75, 3.05) is 0 Å². The summed E-state index contributed by atoms with van der Waals surface area (Å²) in [4.78, 5) is 37.6. The fraction of sp³-hybridized carbons (Fsp3) is 0.231. The van der Waals surface area contributed by atoms with Crippen molar-refractivity contribution in [3.63, 3.8) is 0 Å². The number of carboxylic acid groups (broad SMARTS) is 2. The van der Waals surface area contributed by atoms with E-state index in [4.69, 9.17) is 10.2 Å². The Morgan fingerprint density at radius 3 is 2.62 bits per heavy atom. The van der Waals surface area contributed by atoms with Gasteiger partial charge in [0.1, 0.15) is 17.4 Å². The standard InChI is InChI=1S/C13H13N3O5/c1-7-3-2-4-10-14-9(6-16(7)10)12(19)15-8(13(20)21)5-11(17)18/h2-4,6,8H,5H2,1H3,(H,15,19)(H,17,18)(H,20,21). The van der Waals surface area contributed by atoms with Crippen molar-refractivity contribution in [2.45, 2.75) is 19.4 Å². The molecule has 21 heavy (non-hydrogen) atoms. The quantitative estimate of drug-likeness (QED) is 0.728. The molecule has 0 saturated heterocycles. The molecule has 2 aromatic heterocycles. The predicted octanol–water partition coefficient (Wildman–Crippen LogP) is 0.300. The van der Waals surface area contributed by atoms with Crippen LogP contribution in [0.25, 0.3) is 5.65 Å². The van der Waals surface area contributed by atoms with Gasteiger partial charge in [-0.05, 0) is 19.1 Å². The number of carbonyl (C=O) groups excluding carboxylic acids is 1. The van der Waals surface area contributed by atoms with Crippen molar-refractivity contribution in [1.82, 2.24) is 14.7 Å². The third kappa shape index (κ3) is 3.16. The van der Waals surface area contributed by atoms with Crippen LogP contribution in [0.3, 0.4) is 0 Å². The SMILES string of the molecule is Cc1cccc2nc(C(=O)NC(CC(=O)O)C(=O)O)cn12. The second-order valence-electron chi connectivity index (χ2n) is 4.48. The van der Waals surface area contributed by atoms with Crippen LogP contribution in [0.4, 0.5) is 0 Å². The van der Waals surface area contributed by atoms with Crippen LogP contribution in [0, 0.1) is 6.92 Å². The highest BCUT2D eigenvalue weighted by Gasteiger charge is 2.24. The normalized spacial score (nSPS) is 12.0. The number of aryl methyl sites for hydroxylation is 1. The average Bonchev–Trinajstić information content (AvgIpc) is 2.82. The van der Waals surface area contributed by atoms with Gasteiger partial charge in [0.2, 0.25) is 0 Å². The number of carboxylic acids is 2. The molecule has 0 bridgehead atoms. The van der Waals surface area contributed by atoms with E-state index in [1.807, 2.05) is 13.0 Å². The minimum Gasteiger partial charge on any atom is -0.481 e. The molecule has 1 amide bonds. The summed E-state index contributed by atoms with van der Waals surface area (Å²) in [6.07, 6.45) is 0.771. The van der Waals surface area contributed by atoms with Gasteiger partial charge in [-0.1, -0.05) is 6.07 Å². The zero-order valence-corrected chi connectivity index (χ0v) is 11.1. The monoisotopic (exact) mass is 291 g/mol. The van der Waals surface area contributed by atoms with Crippen molar-refractivity contribution >= 4 is 23.5 Å². The Kier molecular flexibility index (Phi) is 3.88. The Bertz CT molecular complexity index is 722. The zero-order chi connectivity index (χ0) is 15.6. The Morgan fingerprint density at radius 1 is 1.33 bits per heavy atom. The van der Waals surface area contributed by atoms with E-state index in [0.717, 1.165) is 5.69 Å². The van der Waals surface area contributed by atoms with Gasteiger partial charge in [-0.25, -0.2) is 9.78 Å². The van der Waals surface area contributed by atoms with Crippen molar-refractivity contribution in [3.8, 4) is 0 Å². The number of fused-ring (bicyclic) bond motifs is 1. The van der Waals surface area contributed by atoms with E-state index >= 15 is 0 Å². The van der Waals surface area contributed by atoms with Crippen molar-refractivity contribution in [1.29, 1.82) is 0 Å². The molecule has 110 valence electrons. The van der Waals surface area contributed by atoms with Crippen molar-refractivity contribution in [3.05, 3.63) is 35.8 Å². The van der Waals surface area contributed by atoms with Crippen LogP contribution in [0.2, 0.25) is 0 Å². The first-order valence-corrected chi connectivity index (χ1v) is 6.08. The second-order valence-corrected chi connectivity index (χ2v) is 4.48. The van der Waals surface area contributed by atoms with E-state index in [1.54, 1.807) is 16.5 Å². The maximum Gasteiger partial charge on any atom is 0.326 e. The van der Waals surface area contributed by atoms with Crippen LogP contribution in [0.15, 0.2) is 24.4 Å². The number of pyridine rings is 1. The molecule has 0 spiro atoms. The van der Waals surface area contributed by atoms with Gasteiger partial charge in [0, 0.05) is 11.9 Å². The number of aromatic nitrogens is 2. The molecule has 2 rings (SSSR count). The number of hydrogen-bond donors (Lipinski definition) is 3. The molecule has 3 N–H and O–H groups in total. The highest BCUT2D eigenvalue weighted by Crippen LogP contribution is 2.08. The molecule has 8 heteroatoms. The van der Waals surface area contributed by atoms with Gasteiger partial charge >= 0.3 is 11.9 Å². The Morgan fingerprint density at radius 2 is 2.05 bits per heavy atom. The predicted molar refractivity (Wildman–Crippen MR) is 71.1 cm³/mol. The van der Waals surface area contributed by atoms with Gasteiger partial charge in [-0.3, -0.25) is 9.59 Å². The maximum absolute atomic E-state index is 12.0. The smallest absolute Gasteiger partial charge is 0.326 e. The van der Waals surface area contributed by atoms with Gasteiger partial charge in [-0.2, -0.15) is 0 Å². The summed E-state index contributed by atoms with van der Waals surface area (Å²) in [5, 5.41) is 19.7. The summed E-state index contributed by atoms with van der Waals surface area (Å²) in [5.41, 5.74) is 1.44. The molecule has 0 aliphatic rings. The largest absolute Gasteiger partial charge is 0.481 e. The molecule has 1 unspecified atom stereocenters. The van der Waals surface area contributed by atoms with Crippen LogP contribution in [-0.2, 0) is 9.59 Å². The van der Waals surface area contributed by atoms with E-state index in [2.05, 4.69) is 10.3 Å². The zero-order valence-electron chi connectivity index (χ0n) is 11.1. The molecule has 0 radical (unpaired) electrons. The van der Waals surface area contributed by atoms with Gasteiger partial charge in [0.15, 0.2) is 0 Å². The molecule has 0 aromatic carbocycles. The fourth-order valence-electron chi connectivity index (χ4n) is 1.86. The average molecular weight is 291 g/mol. The first-order valence-electron chi connectivity index (χ1n) is 6.08. The van der Waals surface area contributed by atoms with E-state index in [1.165, 1.54) is 6.20 Å². The molecule has 1 atom stereocenters. The number of rotatable bonds is 5. The van der Waals surface area contributed by atoms with Crippen LogP contribution < -0.4 is 5.32 Å². The second kappa shape index (κ2) is 5.61. The van der Waals surface area contributed by atoms with E-state index in [9.17, 15) is 14.4 Å². The topological polar surface area (TPSA) is 121 Å². The maximum atomic E-state index is 12.0. The number of imidazole rings is 1. The lowest BCUT2D eigenvalue weighted by atomic mass is 10.2. The van der Waals surface area contributed by atoms with Crippen LogP contribution in [0.5, 0.6) is 0 Å². The van der Waals surface area contributed by atoms with Gasteiger partial charge in [-0.15, -0.1) is 0 Å². The lowest BCUT2D eigenvalue weighted by Gasteiger charge is -2.10. The summed E-state index contributed by atoms with van der Waals surface area (Å²) >= 11 is 0. The molecule has 8 nitrogen and oxygen atoms in total. The Labute approximate surface area is 119 Å². The van der Waals surface area contributed by atoms with Crippen molar-refractivity contribution < 1.29 is 24.6 Å². The first kappa shape index (κ1) is 14.5. The molecule has 2 heterocycles. The molecule has 0 saturated carbocycles. The summed E-state index contributed by atoms with van der Waals surface area (Å²) in [7, 11) is 0. The lowest BCUT2D eigenvalue weighted by molar-refractivity contribution is -0.145. The van der Waals surface area contributed by atoms with E-state index in [0.29, 0.717) is 5.65 Å². The van der Waals surface area contributed by atoms with Crippen LogP contribution in [0.1, 0.15) is 22.6 Å². The first-order chi connectivity index (χ1) is 9.88. The van der Waals surface area contributed by atoms with Crippen LogP contribution in [-0.4, -0.2) is 43.5 Å². The third-order valence-corrected chi connectivity index (χ3v) is 2.91. The number of amides is 1. The number of nitrogens with one attached hydrogen (secondary N) is 1.